The molecule has 0 fully saturated rings. The van der Waals surface area contributed by atoms with E-state index in [2.05, 4.69) is 34.1 Å². The molecule has 0 amide bonds. The first-order valence-corrected chi connectivity index (χ1v) is 5.32. The van der Waals surface area contributed by atoms with Crippen LogP contribution < -0.4 is 5.32 Å². The quantitative estimate of drug-likeness (QED) is 0.740. The number of H-pyrrole nitrogens is 1. The minimum absolute atomic E-state index is 0.821. The van der Waals surface area contributed by atoms with Crippen LogP contribution in [-0.2, 0) is 6.42 Å². The lowest BCUT2D eigenvalue weighted by Crippen LogP contribution is -2.16. The highest BCUT2D eigenvalue weighted by Crippen LogP contribution is 2.12. The Morgan fingerprint density at radius 1 is 1.47 bits per heavy atom. The molecule has 0 radical (unpaired) electrons. The summed E-state index contributed by atoms with van der Waals surface area (Å²) in [5.74, 6) is 1.01. The van der Waals surface area contributed by atoms with Crippen LogP contribution in [0.4, 0.5) is 0 Å². The van der Waals surface area contributed by atoms with Crippen LogP contribution in [-0.4, -0.2) is 28.0 Å². The van der Waals surface area contributed by atoms with Crippen LogP contribution in [0.5, 0.6) is 0 Å². The molecule has 4 nitrogen and oxygen atoms in total. The molecule has 0 aliphatic heterocycles. The van der Waals surface area contributed by atoms with Crippen molar-refractivity contribution in [2.75, 3.05) is 13.1 Å². The second kappa shape index (κ2) is 4.40. The monoisotopic (exact) mass is 204 g/mol. The molecular formula is C11H16N4. The number of aromatic amines is 1. The molecule has 15 heavy (non-hydrogen) atoms. The predicted octanol–water partition coefficient (Wildman–Crippen LogP) is 1.42. The smallest absolute Gasteiger partial charge is 0.177 e. The summed E-state index contributed by atoms with van der Waals surface area (Å²) in [6, 6.07) is 1.99. The summed E-state index contributed by atoms with van der Waals surface area (Å²) in [7, 11) is 0. The Hall–Kier alpha value is -1.42. The fourth-order valence-electron chi connectivity index (χ4n) is 1.59. The van der Waals surface area contributed by atoms with Gasteiger partial charge in [0.15, 0.2) is 5.65 Å². The number of aryl methyl sites for hydroxylation is 1. The van der Waals surface area contributed by atoms with Gasteiger partial charge in [0.05, 0.1) is 5.52 Å². The Kier molecular flexibility index (Phi) is 2.97. The summed E-state index contributed by atoms with van der Waals surface area (Å²) < 4.78 is 0. The maximum atomic E-state index is 4.44. The van der Waals surface area contributed by atoms with Crippen LogP contribution in [0.2, 0.25) is 0 Å². The van der Waals surface area contributed by atoms with Gasteiger partial charge in [-0.15, -0.1) is 0 Å². The third-order valence-electron chi connectivity index (χ3n) is 2.44. The number of nitrogens with zero attached hydrogens (tertiary/aromatic N) is 2. The van der Waals surface area contributed by atoms with Crippen LogP contribution in [0, 0.1) is 6.92 Å². The Labute approximate surface area is 89.1 Å². The summed E-state index contributed by atoms with van der Waals surface area (Å²) in [6.45, 7) is 6.12. The number of pyridine rings is 1. The van der Waals surface area contributed by atoms with Crippen molar-refractivity contribution in [3.63, 3.8) is 0 Å². The molecule has 0 spiro atoms. The van der Waals surface area contributed by atoms with E-state index in [1.807, 2.05) is 6.07 Å². The zero-order chi connectivity index (χ0) is 10.7. The lowest BCUT2D eigenvalue weighted by Gasteiger charge is -1.97. The van der Waals surface area contributed by atoms with Crippen LogP contribution in [0.15, 0.2) is 12.3 Å². The third kappa shape index (κ3) is 2.15. The molecule has 0 atom stereocenters. The summed E-state index contributed by atoms with van der Waals surface area (Å²) in [4.78, 5) is 12.0. The number of nitrogens with one attached hydrogen (secondary N) is 2. The van der Waals surface area contributed by atoms with Crippen molar-refractivity contribution >= 4 is 11.2 Å². The average molecular weight is 204 g/mol. The van der Waals surface area contributed by atoms with Gasteiger partial charge in [-0.3, -0.25) is 0 Å². The topological polar surface area (TPSA) is 53.6 Å². The Balaban J connectivity index is 2.20. The molecule has 0 saturated carbocycles. The summed E-state index contributed by atoms with van der Waals surface area (Å²) >= 11 is 0. The van der Waals surface area contributed by atoms with E-state index in [-0.39, 0.29) is 0 Å². The average Bonchev–Trinajstić information content (AvgIpc) is 2.63. The van der Waals surface area contributed by atoms with E-state index < -0.39 is 0 Å². The molecule has 0 bridgehead atoms. The Morgan fingerprint density at radius 2 is 2.33 bits per heavy atom. The second-order valence-electron chi connectivity index (χ2n) is 3.61. The van der Waals surface area contributed by atoms with E-state index in [1.165, 1.54) is 5.56 Å². The molecule has 0 unspecified atom stereocenters. The number of hydrogen-bond acceptors (Lipinski definition) is 3. The van der Waals surface area contributed by atoms with Gasteiger partial charge in [-0.1, -0.05) is 6.92 Å². The number of fused-ring (bicyclic) bond motifs is 1. The van der Waals surface area contributed by atoms with E-state index in [1.54, 1.807) is 6.20 Å². The van der Waals surface area contributed by atoms with Crippen molar-refractivity contribution in [3.8, 4) is 0 Å². The molecule has 0 saturated heterocycles. The molecule has 2 heterocycles. The molecule has 2 aromatic rings. The van der Waals surface area contributed by atoms with E-state index in [4.69, 9.17) is 0 Å². The van der Waals surface area contributed by atoms with E-state index in [0.29, 0.717) is 0 Å². The SMILES string of the molecule is CCNCCc1nc2nccc(C)c2[nH]1. The number of imidazole rings is 1. The van der Waals surface area contributed by atoms with Crippen molar-refractivity contribution in [2.24, 2.45) is 0 Å². The Morgan fingerprint density at radius 3 is 3.07 bits per heavy atom. The van der Waals surface area contributed by atoms with Gasteiger partial charge >= 0.3 is 0 Å². The molecule has 80 valence electrons. The zero-order valence-electron chi connectivity index (χ0n) is 9.17. The van der Waals surface area contributed by atoms with Gasteiger partial charge in [0.2, 0.25) is 0 Å². The molecular weight excluding hydrogens is 188 g/mol. The first kappa shape index (κ1) is 10.1. The molecule has 0 aliphatic carbocycles. The standard InChI is InChI=1S/C11H16N4/c1-3-12-6-5-9-14-10-8(2)4-7-13-11(10)15-9/h4,7,12H,3,5-6H2,1-2H3,(H,13,14,15). The maximum absolute atomic E-state index is 4.44. The van der Waals surface area contributed by atoms with Crippen molar-refractivity contribution in [3.05, 3.63) is 23.7 Å². The largest absolute Gasteiger partial charge is 0.340 e. The second-order valence-corrected chi connectivity index (χ2v) is 3.61. The van der Waals surface area contributed by atoms with Crippen LogP contribution in [0.1, 0.15) is 18.3 Å². The van der Waals surface area contributed by atoms with Crippen LogP contribution >= 0.6 is 0 Å². The van der Waals surface area contributed by atoms with Gasteiger partial charge in [0, 0.05) is 19.2 Å². The summed E-state index contributed by atoms with van der Waals surface area (Å²) in [5.41, 5.74) is 3.08. The number of aromatic nitrogens is 3. The molecule has 2 rings (SSSR count). The van der Waals surface area contributed by atoms with E-state index in [9.17, 15) is 0 Å². The number of likely N-dealkylation sites (N-methyl/N-ethyl adjacent to an activating group) is 1. The van der Waals surface area contributed by atoms with Crippen molar-refractivity contribution in [2.45, 2.75) is 20.3 Å². The van der Waals surface area contributed by atoms with Crippen molar-refractivity contribution in [1.82, 2.24) is 20.3 Å². The lowest BCUT2D eigenvalue weighted by molar-refractivity contribution is 0.702. The van der Waals surface area contributed by atoms with Gasteiger partial charge in [0.1, 0.15) is 5.82 Å². The lowest BCUT2D eigenvalue weighted by atomic mass is 10.3. The van der Waals surface area contributed by atoms with Gasteiger partial charge in [-0.05, 0) is 25.1 Å². The van der Waals surface area contributed by atoms with Gasteiger partial charge in [-0.25, -0.2) is 9.97 Å². The van der Waals surface area contributed by atoms with Gasteiger partial charge in [0.25, 0.3) is 0 Å². The Bertz CT molecular complexity index is 447. The molecule has 4 heteroatoms. The van der Waals surface area contributed by atoms with E-state index >= 15 is 0 Å². The molecule has 0 aromatic carbocycles. The fraction of sp³-hybridized carbons (Fsp3) is 0.455. The van der Waals surface area contributed by atoms with Crippen LogP contribution in [0.25, 0.3) is 11.2 Å². The number of hydrogen-bond donors (Lipinski definition) is 2. The van der Waals surface area contributed by atoms with Crippen molar-refractivity contribution < 1.29 is 0 Å². The third-order valence-corrected chi connectivity index (χ3v) is 2.44. The highest BCUT2D eigenvalue weighted by molar-refractivity contribution is 5.74. The number of rotatable bonds is 4. The zero-order valence-corrected chi connectivity index (χ0v) is 9.17. The maximum Gasteiger partial charge on any atom is 0.177 e. The first-order valence-electron chi connectivity index (χ1n) is 5.32. The van der Waals surface area contributed by atoms with E-state index in [0.717, 1.165) is 36.5 Å². The van der Waals surface area contributed by atoms with Gasteiger partial charge < -0.3 is 10.3 Å². The summed E-state index contributed by atoms with van der Waals surface area (Å²) in [5, 5.41) is 3.28. The highest BCUT2D eigenvalue weighted by Gasteiger charge is 2.04. The minimum Gasteiger partial charge on any atom is -0.340 e. The molecule has 2 N–H and O–H groups in total. The van der Waals surface area contributed by atoms with Gasteiger partial charge in [-0.2, -0.15) is 0 Å². The normalized spacial score (nSPS) is 11.1. The molecule has 0 aliphatic rings. The minimum atomic E-state index is 0.821. The predicted molar refractivity (Wildman–Crippen MR) is 60.9 cm³/mol. The summed E-state index contributed by atoms with van der Waals surface area (Å²) in [6.07, 6.45) is 2.72. The fourth-order valence-corrected chi connectivity index (χ4v) is 1.59. The first-order chi connectivity index (χ1) is 7.31. The molecule has 2 aromatic heterocycles. The highest BCUT2D eigenvalue weighted by atomic mass is 15.0. The van der Waals surface area contributed by atoms with Crippen LogP contribution in [0.3, 0.4) is 0 Å². The van der Waals surface area contributed by atoms with Crippen molar-refractivity contribution in [1.29, 1.82) is 0 Å².